The number of unbranched alkanes of at least 4 members (excludes halogenated alkanes) is 26. The summed E-state index contributed by atoms with van der Waals surface area (Å²) in [6.07, 6.45) is 27.1. The second-order valence-electron chi connectivity index (χ2n) is 16.6. The fourth-order valence-electron chi connectivity index (χ4n) is 7.35. The summed E-state index contributed by atoms with van der Waals surface area (Å²) in [6, 6.07) is 0. The minimum absolute atomic E-state index is 0.0719. The van der Waals surface area contributed by atoms with Crippen molar-refractivity contribution in [1.29, 1.82) is 0 Å². The molecule has 58 heavy (non-hydrogen) atoms. The molecule has 12 nitrogen and oxygen atoms in total. The predicted octanol–water partition coefficient (Wildman–Crippen LogP) is 9.53. The summed E-state index contributed by atoms with van der Waals surface area (Å²) in [5, 5.41) is 50.1. The van der Waals surface area contributed by atoms with Crippen molar-refractivity contribution >= 4 is 13.8 Å². The Bertz CT molecular complexity index is 1020. The van der Waals surface area contributed by atoms with Gasteiger partial charge in [-0.1, -0.05) is 174 Å². The molecular weight excluding hydrogens is 763 g/mol. The van der Waals surface area contributed by atoms with Crippen molar-refractivity contribution in [2.45, 2.75) is 249 Å². The largest absolute Gasteiger partial charge is 0.472 e. The fraction of sp³-hybridized carbons (Fsp3) is 0.933. The number of phosphoric ester groups is 1. The Labute approximate surface area is 352 Å². The molecule has 0 aromatic rings. The molecular formula is C45H87O12P. The van der Waals surface area contributed by atoms with Crippen LogP contribution in [0.3, 0.4) is 0 Å². The van der Waals surface area contributed by atoms with Crippen LogP contribution in [0.4, 0.5) is 0 Å². The predicted molar refractivity (Wildman–Crippen MR) is 230 cm³/mol. The van der Waals surface area contributed by atoms with E-state index in [0.717, 1.165) is 38.5 Å². The highest BCUT2D eigenvalue weighted by Gasteiger charge is 2.51. The third kappa shape index (κ3) is 28.6. The first-order valence-electron chi connectivity index (χ1n) is 23.5. The first-order valence-corrected chi connectivity index (χ1v) is 25.0. The number of aliphatic hydroxyl groups excluding tert-OH is 5. The second-order valence-corrected chi connectivity index (χ2v) is 18.0. The van der Waals surface area contributed by atoms with Crippen LogP contribution in [0.1, 0.15) is 206 Å². The number of ether oxygens (including phenoxy) is 2. The molecule has 0 saturated heterocycles. The van der Waals surface area contributed by atoms with Crippen molar-refractivity contribution in [3.05, 3.63) is 12.2 Å². The first-order chi connectivity index (χ1) is 28.0. The molecule has 0 aromatic heterocycles. The first kappa shape index (κ1) is 55.1. The molecule has 0 aromatic carbocycles. The van der Waals surface area contributed by atoms with Gasteiger partial charge in [-0.05, 0) is 38.5 Å². The van der Waals surface area contributed by atoms with E-state index in [1.807, 2.05) is 0 Å². The van der Waals surface area contributed by atoms with Gasteiger partial charge in [0, 0.05) is 13.0 Å². The van der Waals surface area contributed by atoms with E-state index >= 15 is 0 Å². The van der Waals surface area contributed by atoms with Crippen molar-refractivity contribution in [2.75, 3.05) is 19.8 Å². The average Bonchev–Trinajstić information content (AvgIpc) is 3.21. The van der Waals surface area contributed by atoms with Gasteiger partial charge in [0.2, 0.25) is 0 Å². The molecule has 0 spiro atoms. The fourth-order valence-corrected chi connectivity index (χ4v) is 8.32. The third-order valence-electron chi connectivity index (χ3n) is 11.1. The Hall–Kier alpha value is -0.920. The number of rotatable bonds is 40. The molecule has 6 unspecified atom stereocenters. The summed E-state index contributed by atoms with van der Waals surface area (Å²) >= 11 is 0. The standard InChI is InChI=1S/C45H87O12P/c1-3-5-7-9-11-13-15-17-18-19-20-21-22-23-24-26-28-30-32-34-39(46)56-38(36-54-35-33-31-29-27-25-16-14-12-10-8-6-4-2)37-55-58(52,53)57-45-43(50)41(48)40(47)42(49)44(45)51/h17-18,38,40-45,47-51H,3-16,19-37H2,1-2H3,(H,52,53)/b18-17-. The lowest BCUT2D eigenvalue weighted by Crippen LogP contribution is -2.64. The van der Waals surface area contributed by atoms with Crippen LogP contribution >= 0.6 is 7.82 Å². The minimum Gasteiger partial charge on any atom is -0.457 e. The molecule has 0 amide bonds. The Kier molecular flexibility index (Phi) is 34.9. The molecule has 1 aliphatic rings. The molecule has 0 heterocycles. The lowest BCUT2D eigenvalue weighted by atomic mass is 9.85. The van der Waals surface area contributed by atoms with Crippen molar-refractivity contribution in [1.82, 2.24) is 0 Å². The van der Waals surface area contributed by atoms with Gasteiger partial charge in [-0.15, -0.1) is 0 Å². The van der Waals surface area contributed by atoms with E-state index in [1.165, 1.54) is 141 Å². The number of hydrogen-bond donors (Lipinski definition) is 6. The Morgan fingerprint density at radius 1 is 0.534 bits per heavy atom. The Morgan fingerprint density at radius 2 is 0.914 bits per heavy atom. The van der Waals surface area contributed by atoms with Crippen molar-refractivity contribution in [3.63, 3.8) is 0 Å². The van der Waals surface area contributed by atoms with Gasteiger partial charge in [-0.3, -0.25) is 13.8 Å². The molecule has 1 fully saturated rings. The average molecular weight is 851 g/mol. The van der Waals surface area contributed by atoms with E-state index in [9.17, 15) is 39.8 Å². The van der Waals surface area contributed by atoms with E-state index in [0.29, 0.717) is 13.0 Å². The maximum Gasteiger partial charge on any atom is 0.472 e. The van der Waals surface area contributed by atoms with Crippen LogP contribution in [0.2, 0.25) is 0 Å². The summed E-state index contributed by atoms with van der Waals surface area (Å²) in [7, 11) is -5.01. The second kappa shape index (κ2) is 36.7. The molecule has 0 aliphatic heterocycles. The highest BCUT2D eigenvalue weighted by atomic mass is 31.2. The van der Waals surface area contributed by atoms with Crippen LogP contribution in [0, 0.1) is 0 Å². The zero-order chi connectivity index (χ0) is 42.7. The number of carbonyl (C=O) groups is 1. The summed E-state index contributed by atoms with van der Waals surface area (Å²) in [4.78, 5) is 23.1. The van der Waals surface area contributed by atoms with Crippen LogP contribution in [0.15, 0.2) is 12.2 Å². The Morgan fingerprint density at radius 3 is 1.36 bits per heavy atom. The van der Waals surface area contributed by atoms with Crippen LogP contribution < -0.4 is 0 Å². The van der Waals surface area contributed by atoms with E-state index in [-0.39, 0.29) is 13.0 Å². The van der Waals surface area contributed by atoms with Gasteiger partial charge in [0.05, 0.1) is 13.2 Å². The van der Waals surface area contributed by atoms with E-state index in [2.05, 4.69) is 26.0 Å². The molecule has 6 N–H and O–H groups in total. The summed E-state index contributed by atoms with van der Waals surface area (Å²) in [6.45, 7) is 4.27. The van der Waals surface area contributed by atoms with Gasteiger partial charge in [-0.2, -0.15) is 0 Å². The van der Waals surface area contributed by atoms with Crippen molar-refractivity contribution < 1.29 is 58.3 Å². The smallest absolute Gasteiger partial charge is 0.457 e. The number of aliphatic hydroxyl groups is 5. The topological polar surface area (TPSA) is 192 Å². The van der Waals surface area contributed by atoms with E-state index < -0.39 is 63.1 Å². The summed E-state index contributed by atoms with van der Waals surface area (Å²) in [5.74, 6) is -0.476. The van der Waals surface area contributed by atoms with Crippen LogP contribution in [0.5, 0.6) is 0 Å². The van der Waals surface area contributed by atoms with Gasteiger partial charge < -0.3 is 39.9 Å². The molecule has 0 bridgehead atoms. The molecule has 6 atom stereocenters. The highest BCUT2D eigenvalue weighted by Crippen LogP contribution is 2.47. The lowest BCUT2D eigenvalue weighted by molar-refractivity contribution is -0.220. The minimum atomic E-state index is -5.01. The number of hydrogen-bond acceptors (Lipinski definition) is 11. The normalized spacial score (nSPS) is 22.7. The molecule has 13 heteroatoms. The van der Waals surface area contributed by atoms with Gasteiger partial charge >= 0.3 is 13.8 Å². The Balaban J connectivity index is 2.36. The molecule has 0 radical (unpaired) electrons. The lowest BCUT2D eigenvalue weighted by Gasteiger charge is -2.41. The monoisotopic (exact) mass is 851 g/mol. The number of allylic oxidation sites excluding steroid dienone is 2. The van der Waals surface area contributed by atoms with Crippen molar-refractivity contribution in [2.24, 2.45) is 0 Å². The summed E-state index contributed by atoms with van der Waals surface area (Å²) < 4.78 is 34.2. The third-order valence-corrected chi connectivity index (χ3v) is 12.1. The van der Waals surface area contributed by atoms with Gasteiger partial charge in [0.25, 0.3) is 0 Å². The zero-order valence-corrected chi connectivity index (χ0v) is 37.5. The van der Waals surface area contributed by atoms with Crippen LogP contribution in [-0.2, 0) is 27.9 Å². The highest BCUT2D eigenvalue weighted by molar-refractivity contribution is 7.47. The number of esters is 1. The molecule has 1 saturated carbocycles. The maximum atomic E-state index is 12.8. The van der Waals surface area contributed by atoms with Gasteiger partial charge in [0.1, 0.15) is 42.7 Å². The van der Waals surface area contributed by atoms with Crippen LogP contribution in [-0.4, -0.2) is 98.9 Å². The molecule has 1 rings (SSSR count). The zero-order valence-electron chi connectivity index (χ0n) is 36.6. The van der Waals surface area contributed by atoms with E-state index in [4.69, 9.17) is 18.5 Å². The summed E-state index contributed by atoms with van der Waals surface area (Å²) in [5.41, 5.74) is 0. The maximum absolute atomic E-state index is 12.8. The molecule has 344 valence electrons. The number of phosphoric acid groups is 1. The van der Waals surface area contributed by atoms with E-state index in [1.54, 1.807) is 0 Å². The number of carbonyl (C=O) groups excluding carboxylic acids is 1. The van der Waals surface area contributed by atoms with Gasteiger partial charge in [0.15, 0.2) is 0 Å². The van der Waals surface area contributed by atoms with Crippen molar-refractivity contribution in [3.8, 4) is 0 Å². The van der Waals surface area contributed by atoms with Gasteiger partial charge in [-0.25, -0.2) is 4.57 Å². The van der Waals surface area contributed by atoms with Crippen LogP contribution in [0.25, 0.3) is 0 Å². The molecule has 1 aliphatic carbocycles. The quantitative estimate of drug-likeness (QED) is 0.0148. The SMILES string of the molecule is CCCCCCCC/C=C\CCCCCCCCCCCC(=O)OC(COCCCCCCCCCCCCCC)COP(=O)(O)OC1C(O)C(O)C(O)C(O)C1O.